The van der Waals surface area contributed by atoms with Crippen LogP contribution in [0.3, 0.4) is 0 Å². The van der Waals surface area contributed by atoms with Gasteiger partial charge in [-0.05, 0) is 12.1 Å². The van der Waals surface area contributed by atoms with Crippen molar-refractivity contribution in [3.63, 3.8) is 0 Å². The van der Waals surface area contributed by atoms with Gasteiger partial charge >= 0.3 is 0 Å². The van der Waals surface area contributed by atoms with Crippen LogP contribution in [0.1, 0.15) is 0 Å². The van der Waals surface area contributed by atoms with E-state index in [9.17, 15) is 27.1 Å². The highest BCUT2D eigenvalue weighted by Crippen LogP contribution is 2.18. The molecular formula is C8H6F2NO4S-. The standard InChI is InChI=1S/C8H7F2NO4S/c9-5-2-1-3-6(10)7(5)16(14,15)4-11-8(12)13/h1-3,11H,4H2,(H,12,13)/p-1. The number of carboxylic acid groups (broad SMARTS) is 1. The Labute approximate surface area is 89.6 Å². The van der Waals surface area contributed by atoms with Crippen LogP contribution in [0.25, 0.3) is 0 Å². The molecule has 0 radical (unpaired) electrons. The molecule has 0 unspecified atom stereocenters. The summed E-state index contributed by atoms with van der Waals surface area (Å²) >= 11 is 0. The molecule has 0 saturated carbocycles. The number of hydrogen-bond acceptors (Lipinski definition) is 4. The van der Waals surface area contributed by atoms with Crippen molar-refractivity contribution in [2.24, 2.45) is 0 Å². The molecule has 0 aliphatic rings. The van der Waals surface area contributed by atoms with Crippen LogP contribution < -0.4 is 10.4 Å². The zero-order chi connectivity index (χ0) is 12.3. The lowest BCUT2D eigenvalue weighted by atomic mass is 10.3. The first-order valence-corrected chi connectivity index (χ1v) is 5.61. The highest BCUT2D eigenvalue weighted by atomic mass is 32.2. The maximum Gasteiger partial charge on any atom is 0.202 e. The quantitative estimate of drug-likeness (QED) is 0.792. The van der Waals surface area contributed by atoms with Gasteiger partial charge in [-0.1, -0.05) is 6.07 Å². The Morgan fingerprint density at radius 3 is 2.25 bits per heavy atom. The highest BCUT2D eigenvalue weighted by molar-refractivity contribution is 7.91. The first kappa shape index (κ1) is 12.4. The lowest BCUT2D eigenvalue weighted by Gasteiger charge is -2.09. The van der Waals surface area contributed by atoms with Crippen LogP contribution >= 0.6 is 0 Å². The Balaban J connectivity index is 3.12. The molecule has 0 fully saturated rings. The minimum absolute atomic E-state index is 0.759. The molecule has 0 atom stereocenters. The second-order valence-corrected chi connectivity index (χ2v) is 4.70. The monoisotopic (exact) mass is 250 g/mol. The Morgan fingerprint density at radius 1 is 1.31 bits per heavy atom. The van der Waals surface area contributed by atoms with Crippen molar-refractivity contribution < 1.29 is 27.1 Å². The number of hydrogen-bond donors (Lipinski definition) is 1. The summed E-state index contributed by atoms with van der Waals surface area (Å²) in [6.07, 6.45) is -1.85. The topological polar surface area (TPSA) is 86.3 Å². The van der Waals surface area contributed by atoms with Gasteiger partial charge in [-0.15, -0.1) is 0 Å². The van der Waals surface area contributed by atoms with E-state index in [4.69, 9.17) is 0 Å². The molecule has 0 bridgehead atoms. The predicted octanol–water partition coefficient (Wildman–Crippen LogP) is -0.371. The first-order valence-electron chi connectivity index (χ1n) is 3.96. The van der Waals surface area contributed by atoms with E-state index < -0.39 is 38.3 Å². The summed E-state index contributed by atoms with van der Waals surface area (Å²) in [4.78, 5) is 8.81. The van der Waals surface area contributed by atoms with E-state index in [2.05, 4.69) is 0 Å². The molecule has 1 rings (SSSR count). The largest absolute Gasteiger partial charge is 0.530 e. The van der Waals surface area contributed by atoms with Crippen LogP contribution in [0.5, 0.6) is 0 Å². The molecule has 1 aromatic rings. The Bertz CT molecular complexity index is 495. The van der Waals surface area contributed by atoms with Gasteiger partial charge in [0, 0.05) is 0 Å². The summed E-state index contributed by atoms with van der Waals surface area (Å²) in [6, 6.07) is 2.51. The van der Waals surface area contributed by atoms with Crippen LogP contribution in [-0.4, -0.2) is 20.4 Å². The first-order chi connectivity index (χ1) is 7.34. The maximum absolute atomic E-state index is 13.1. The molecule has 88 valence electrons. The van der Waals surface area contributed by atoms with Gasteiger partial charge < -0.3 is 15.2 Å². The highest BCUT2D eigenvalue weighted by Gasteiger charge is 2.23. The van der Waals surface area contributed by atoms with Crippen molar-refractivity contribution >= 4 is 15.9 Å². The van der Waals surface area contributed by atoms with Crippen molar-refractivity contribution in [2.45, 2.75) is 4.90 Å². The zero-order valence-corrected chi connectivity index (χ0v) is 8.55. The molecule has 8 heteroatoms. The molecule has 0 aromatic heterocycles. The van der Waals surface area contributed by atoms with Gasteiger partial charge in [0.05, 0.1) is 0 Å². The fraction of sp³-hybridized carbons (Fsp3) is 0.125. The van der Waals surface area contributed by atoms with Crippen LogP contribution in [0, 0.1) is 11.6 Å². The molecule has 0 heterocycles. The molecule has 0 aliphatic carbocycles. The number of amides is 1. The number of sulfone groups is 1. The number of benzene rings is 1. The van der Waals surface area contributed by atoms with Crippen molar-refractivity contribution in [1.29, 1.82) is 0 Å². The van der Waals surface area contributed by atoms with E-state index in [0.717, 1.165) is 18.2 Å². The maximum atomic E-state index is 13.1. The van der Waals surface area contributed by atoms with Gasteiger partial charge in [-0.3, -0.25) is 0 Å². The molecule has 0 saturated heterocycles. The molecule has 16 heavy (non-hydrogen) atoms. The van der Waals surface area contributed by atoms with Crippen LogP contribution in [0.15, 0.2) is 23.1 Å². The van der Waals surface area contributed by atoms with Gasteiger partial charge in [0.15, 0.2) is 0 Å². The van der Waals surface area contributed by atoms with Gasteiger partial charge in [0.2, 0.25) is 9.84 Å². The lowest BCUT2D eigenvalue weighted by Crippen LogP contribution is -2.39. The SMILES string of the molecule is O=C([O-])NCS(=O)(=O)c1c(F)cccc1F. The molecule has 0 spiro atoms. The predicted molar refractivity (Wildman–Crippen MR) is 46.9 cm³/mol. The van der Waals surface area contributed by atoms with Crippen LogP contribution in [-0.2, 0) is 9.84 Å². The number of carbonyl (C=O) groups excluding carboxylic acids is 1. The fourth-order valence-electron chi connectivity index (χ4n) is 1.01. The second-order valence-electron chi connectivity index (χ2n) is 2.77. The normalized spacial score (nSPS) is 11.1. The molecule has 1 N–H and O–H groups in total. The summed E-state index contributed by atoms with van der Waals surface area (Å²) in [5.74, 6) is -3.70. The summed E-state index contributed by atoms with van der Waals surface area (Å²) < 4.78 is 48.8. The zero-order valence-electron chi connectivity index (χ0n) is 7.74. The average molecular weight is 250 g/mol. The van der Waals surface area contributed by atoms with E-state index in [-0.39, 0.29) is 0 Å². The van der Waals surface area contributed by atoms with E-state index in [1.54, 1.807) is 0 Å². The Hall–Kier alpha value is -1.70. The molecule has 5 nitrogen and oxygen atoms in total. The summed E-state index contributed by atoms with van der Waals surface area (Å²) in [5.41, 5.74) is 0. The summed E-state index contributed by atoms with van der Waals surface area (Å²) in [6.45, 7) is 0. The lowest BCUT2D eigenvalue weighted by molar-refractivity contribution is -0.250. The molecular weight excluding hydrogens is 244 g/mol. The second kappa shape index (κ2) is 4.44. The number of halogens is 2. The van der Waals surface area contributed by atoms with E-state index >= 15 is 0 Å². The molecule has 1 aromatic carbocycles. The van der Waals surface area contributed by atoms with Gasteiger partial charge in [-0.2, -0.15) is 0 Å². The summed E-state index contributed by atoms with van der Waals surface area (Å²) in [7, 11) is -4.40. The number of nitrogens with one attached hydrogen (secondary N) is 1. The van der Waals surface area contributed by atoms with Crippen LogP contribution in [0.2, 0.25) is 0 Å². The van der Waals surface area contributed by atoms with Crippen molar-refractivity contribution in [3.8, 4) is 0 Å². The molecule has 0 aliphatic heterocycles. The minimum Gasteiger partial charge on any atom is -0.530 e. The number of carbonyl (C=O) groups is 1. The smallest absolute Gasteiger partial charge is 0.202 e. The van der Waals surface area contributed by atoms with Gasteiger partial charge in [0.1, 0.15) is 28.5 Å². The molecule has 1 amide bonds. The third-order valence-corrected chi connectivity index (χ3v) is 3.17. The number of rotatable bonds is 3. The van der Waals surface area contributed by atoms with Gasteiger partial charge in [-0.25, -0.2) is 17.2 Å². The minimum atomic E-state index is -4.40. The summed E-state index contributed by atoms with van der Waals surface area (Å²) in [5, 5.41) is 11.4. The van der Waals surface area contributed by atoms with E-state index in [1.807, 2.05) is 0 Å². The van der Waals surface area contributed by atoms with Crippen molar-refractivity contribution in [2.75, 3.05) is 5.88 Å². The van der Waals surface area contributed by atoms with E-state index in [0.29, 0.717) is 0 Å². The third kappa shape index (κ3) is 2.66. The average Bonchev–Trinajstić information content (AvgIpc) is 2.14. The third-order valence-electron chi connectivity index (χ3n) is 1.64. The van der Waals surface area contributed by atoms with Crippen molar-refractivity contribution in [1.82, 2.24) is 5.32 Å². The van der Waals surface area contributed by atoms with Crippen LogP contribution in [0.4, 0.5) is 13.6 Å². The van der Waals surface area contributed by atoms with Crippen molar-refractivity contribution in [3.05, 3.63) is 29.8 Å². The Kier molecular flexibility index (Phi) is 3.43. The Morgan fingerprint density at radius 2 is 1.81 bits per heavy atom. The van der Waals surface area contributed by atoms with E-state index in [1.165, 1.54) is 5.32 Å². The fourth-order valence-corrected chi connectivity index (χ4v) is 2.19. The van der Waals surface area contributed by atoms with Gasteiger partial charge in [0.25, 0.3) is 0 Å².